The van der Waals surface area contributed by atoms with Crippen molar-refractivity contribution in [1.29, 1.82) is 0 Å². The number of nitrogens with one attached hydrogen (secondary N) is 1. The normalized spacial score (nSPS) is 10.9. The molecule has 0 aliphatic rings. The van der Waals surface area contributed by atoms with Crippen LogP contribution in [0.1, 0.15) is 10.4 Å². The lowest BCUT2D eigenvalue weighted by atomic mass is 10.2. The van der Waals surface area contributed by atoms with Crippen molar-refractivity contribution in [3.63, 3.8) is 0 Å². The standard InChI is InChI=1S/C12H13F3N2O4/c1-20-7-2-3-8(11(16)19)9(4-7)21-5-10(18)17-6-12(13,14)15/h2-4H,5-6H2,1H3,(H2,16,19)(H,17,18). The highest BCUT2D eigenvalue weighted by molar-refractivity contribution is 5.96. The molecule has 1 rings (SSSR count). The maximum Gasteiger partial charge on any atom is 0.405 e. The van der Waals surface area contributed by atoms with Gasteiger partial charge in [0.05, 0.1) is 12.7 Å². The Labute approximate surface area is 118 Å². The highest BCUT2D eigenvalue weighted by atomic mass is 19.4. The number of rotatable bonds is 6. The van der Waals surface area contributed by atoms with Crippen molar-refractivity contribution in [2.45, 2.75) is 6.18 Å². The molecule has 3 N–H and O–H groups in total. The summed E-state index contributed by atoms with van der Waals surface area (Å²) < 4.78 is 45.7. The molecule has 6 nitrogen and oxygen atoms in total. The topological polar surface area (TPSA) is 90.7 Å². The second-order valence-corrected chi connectivity index (χ2v) is 3.91. The average Bonchev–Trinajstić information content (AvgIpc) is 2.41. The molecule has 0 unspecified atom stereocenters. The highest BCUT2D eigenvalue weighted by Gasteiger charge is 2.27. The van der Waals surface area contributed by atoms with Crippen LogP contribution in [0.25, 0.3) is 0 Å². The number of carbonyl (C=O) groups is 2. The first-order valence-electron chi connectivity index (χ1n) is 5.67. The molecular formula is C12H13F3N2O4. The molecule has 0 saturated heterocycles. The number of methoxy groups -OCH3 is 1. The molecule has 0 heterocycles. The van der Waals surface area contributed by atoms with Crippen LogP contribution in [0.2, 0.25) is 0 Å². The van der Waals surface area contributed by atoms with E-state index < -0.39 is 31.1 Å². The van der Waals surface area contributed by atoms with E-state index in [4.69, 9.17) is 15.2 Å². The number of hydrogen-bond donors (Lipinski definition) is 2. The molecule has 116 valence electrons. The van der Waals surface area contributed by atoms with Gasteiger partial charge in [-0.15, -0.1) is 0 Å². The highest BCUT2D eigenvalue weighted by Crippen LogP contribution is 2.24. The molecule has 0 spiro atoms. The van der Waals surface area contributed by atoms with E-state index in [1.54, 1.807) is 5.32 Å². The third kappa shape index (κ3) is 5.59. The van der Waals surface area contributed by atoms with Crippen molar-refractivity contribution in [3.8, 4) is 11.5 Å². The lowest BCUT2D eigenvalue weighted by Crippen LogP contribution is -2.36. The predicted octanol–water partition coefficient (Wildman–Crippen LogP) is 0.851. The van der Waals surface area contributed by atoms with Crippen molar-refractivity contribution in [2.24, 2.45) is 5.73 Å². The van der Waals surface area contributed by atoms with E-state index in [0.29, 0.717) is 5.75 Å². The third-order valence-electron chi connectivity index (χ3n) is 2.30. The van der Waals surface area contributed by atoms with Crippen LogP contribution in [0.15, 0.2) is 18.2 Å². The van der Waals surface area contributed by atoms with Crippen LogP contribution in [-0.2, 0) is 4.79 Å². The summed E-state index contributed by atoms with van der Waals surface area (Å²) in [7, 11) is 1.37. The number of amides is 2. The van der Waals surface area contributed by atoms with Crippen LogP contribution < -0.4 is 20.5 Å². The van der Waals surface area contributed by atoms with Crippen LogP contribution in [0, 0.1) is 0 Å². The van der Waals surface area contributed by atoms with E-state index in [2.05, 4.69) is 0 Å². The van der Waals surface area contributed by atoms with E-state index in [9.17, 15) is 22.8 Å². The minimum Gasteiger partial charge on any atom is -0.497 e. The molecule has 1 aromatic rings. The number of carbonyl (C=O) groups excluding carboxylic acids is 2. The zero-order valence-corrected chi connectivity index (χ0v) is 11.0. The van der Waals surface area contributed by atoms with Crippen molar-refractivity contribution in [3.05, 3.63) is 23.8 Å². The third-order valence-corrected chi connectivity index (χ3v) is 2.30. The summed E-state index contributed by atoms with van der Waals surface area (Å²) in [5, 5.41) is 1.63. The fourth-order valence-electron chi connectivity index (χ4n) is 1.35. The van der Waals surface area contributed by atoms with Gasteiger partial charge in [-0.1, -0.05) is 0 Å². The van der Waals surface area contributed by atoms with E-state index >= 15 is 0 Å². The average molecular weight is 306 g/mol. The van der Waals surface area contributed by atoms with E-state index in [1.807, 2.05) is 0 Å². The van der Waals surface area contributed by atoms with Crippen LogP contribution in [-0.4, -0.2) is 38.3 Å². The van der Waals surface area contributed by atoms with Gasteiger partial charge < -0.3 is 20.5 Å². The minimum absolute atomic E-state index is 0.0144. The van der Waals surface area contributed by atoms with Gasteiger partial charge in [-0.25, -0.2) is 0 Å². The van der Waals surface area contributed by atoms with E-state index in [0.717, 1.165) is 0 Å². The largest absolute Gasteiger partial charge is 0.497 e. The van der Waals surface area contributed by atoms with E-state index in [1.165, 1.54) is 25.3 Å². The lowest BCUT2D eigenvalue weighted by Gasteiger charge is -2.12. The number of alkyl halides is 3. The van der Waals surface area contributed by atoms with Gasteiger partial charge in [0.1, 0.15) is 18.0 Å². The van der Waals surface area contributed by atoms with Crippen LogP contribution in [0.4, 0.5) is 13.2 Å². The number of benzene rings is 1. The quantitative estimate of drug-likeness (QED) is 0.815. The number of hydrogen-bond acceptors (Lipinski definition) is 4. The second-order valence-electron chi connectivity index (χ2n) is 3.91. The molecule has 0 bridgehead atoms. The smallest absolute Gasteiger partial charge is 0.405 e. The predicted molar refractivity (Wildman–Crippen MR) is 66.1 cm³/mol. The summed E-state index contributed by atoms with van der Waals surface area (Å²) >= 11 is 0. The van der Waals surface area contributed by atoms with Crippen LogP contribution >= 0.6 is 0 Å². The Morgan fingerprint density at radius 3 is 2.52 bits per heavy atom. The number of halogens is 3. The second kappa shape index (κ2) is 6.82. The molecule has 0 fully saturated rings. The fourth-order valence-corrected chi connectivity index (χ4v) is 1.35. The lowest BCUT2D eigenvalue weighted by molar-refractivity contribution is -0.139. The van der Waals surface area contributed by atoms with Crippen LogP contribution in [0.3, 0.4) is 0 Å². The molecule has 21 heavy (non-hydrogen) atoms. The fraction of sp³-hybridized carbons (Fsp3) is 0.333. The minimum atomic E-state index is -4.51. The molecular weight excluding hydrogens is 293 g/mol. The Morgan fingerprint density at radius 2 is 2.00 bits per heavy atom. The van der Waals surface area contributed by atoms with Crippen molar-refractivity contribution < 1.29 is 32.2 Å². The SMILES string of the molecule is COc1ccc(C(N)=O)c(OCC(=O)NCC(F)(F)F)c1. The number of primary amides is 1. The number of ether oxygens (including phenoxy) is 2. The summed E-state index contributed by atoms with van der Waals surface area (Å²) in [5.74, 6) is -1.50. The zero-order chi connectivity index (χ0) is 16.0. The Morgan fingerprint density at radius 1 is 1.33 bits per heavy atom. The van der Waals surface area contributed by atoms with Crippen LogP contribution in [0.5, 0.6) is 11.5 Å². The van der Waals surface area contributed by atoms with Crippen molar-refractivity contribution >= 4 is 11.8 Å². The van der Waals surface area contributed by atoms with Crippen molar-refractivity contribution in [1.82, 2.24) is 5.32 Å². The van der Waals surface area contributed by atoms with Gasteiger partial charge in [-0.3, -0.25) is 9.59 Å². The molecule has 2 amide bonds. The first kappa shape index (κ1) is 16.6. The van der Waals surface area contributed by atoms with Gasteiger partial charge in [0.2, 0.25) is 0 Å². The molecule has 0 aromatic heterocycles. The van der Waals surface area contributed by atoms with Gasteiger partial charge in [-0.2, -0.15) is 13.2 Å². The Bertz CT molecular complexity index is 532. The van der Waals surface area contributed by atoms with Gasteiger partial charge in [0.15, 0.2) is 6.61 Å². The summed E-state index contributed by atoms with van der Waals surface area (Å²) in [6.07, 6.45) is -4.51. The molecule has 1 aromatic carbocycles. The Balaban J connectivity index is 2.69. The van der Waals surface area contributed by atoms with Gasteiger partial charge in [0, 0.05) is 6.07 Å². The maximum atomic E-state index is 11.9. The molecule has 0 atom stereocenters. The summed E-state index contributed by atoms with van der Waals surface area (Å²) in [4.78, 5) is 22.4. The monoisotopic (exact) mass is 306 g/mol. The van der Waals surface area contributed by atoms with Gasteiger partial charge >= 0.3 is 6.18 Å². The summed E-state index contributed by atoms with van der Waals surface area (Å²) in [6, 6.07) is 4.08. The summed E-state index contributed by atoms with van der Waals surface area (Å²) in [5.41, 5.74) is 5.10. The molecule has 9 heteroatoms. The Hall–Kier alpha value is -2.45. The summed E-state index contributed by atoms with van der Waals surface area (Å²) in [6.45, 7) is -2.15. The van der Waals surface area contributed by atoms with Gasteiger partial charge in [0.25, 0.3) is 11.8 Å². The first-order valence-corrected chi connectivity index (χ1v) is 5.67. The molecule has 0 aliphatic heterocycles. The van der Waals surface area contributed by atoms with Crippen molar-refractivity contribution in [2.75, 3.05) is 20.3 Å². The maximum absolute atomic E-state index is 11.9. The van der Waals surface area contributed by atoms with Gasteiger partial charge in [-0.05, 0) is 12.1 Å². The van der Waals surface area contributed by atoms with E-state index in [-0.39, 0.29) is 11.3 Å². The Kier molecular flexibility index (Phi) is 5.39. The zero-order valence-electron chi connectivity index (χ0n) is 11.0. The molecule has 0 aliphatic carbocycles. The molecule has 0 radical (unpaired) electrons. The molecule has 0 saturated carbocycles. The number of nitrogens with two attached hydrogens (primary N) is 1. The first-order chi connectivity index (χ1) is 9.73.